The molecule has 0 radical (unpaired) electrons. The zero-order valence-electron chi connectivity index (χ0n) is 12.0. The molecule has 2 aromatic rings. The number of aliphatic hydroxyl groups excluding tert-OH is 1. The van der Waals surface area contributed by atoms with Gasteiger partial charge in [0.2, 0.25) is 0 Å². The van der Waals surface area contributed by atoms with E-state index in [1.807, 2.05) is 18.2 Å². The maximum absolute atomic E-state index is 10.7. The summed E-state index contributed by atoms with van der Waals surface area (Å²) < 4.78 is 6.57. The van der Waals surface area contributed by atoms with Gasteiger partial charge in [0.05, 0.1) is 11.6 Å². The van der Waals surface area contributed by atoms with E-state index in [4.69, 9.17) is 16.3 Å². The Morgan fingerprint density at radius 1 is 1.23 bits per heavy atom. The first-order chi connectivity index (χ1) is 10.6. The fraction of sp³-hybridized carbons (Fsp3) is 0.333. The van der Waals surface area contributed by atoms with Crippen molar-refractivity contribution in [3.05, 3.63) is 62.1 Å². The molecule has 1 N–H and O–H groups in total. The predicted octanol–water partition coefficient (Wildman–Crippen LogP) is 5.00. The molecule has 1 fully saturated rings. The molecule has 0 saturated heterocycles. The highest BCUT2D eigenvalue weighted by molar-refractivity contribution is 9.10. The molecule has 4 rings (SSSR count). The van der Waals surface area contributed by atoms with Gasteiger partial charge >= 0.3 is 0 Å². The van der Waals surface area contributed by atoms with Gasteiger partial charge in [0.15, 0.2) is 0 Å². The third-order valence-electron chi connectivity index (χ3n) is 4.49. The van der Waals surface area contributed by atoms with Crippen LogP contribution in [0.3, 0.4) is 0 Å². The highest BCUT2D eigenvalue weighted by Crippen LogP contribution is 2.44. The fourth-order valence-electron chi connectivity index (χ4n) is 3.04. The summed E-state index contributed by atoms with van der Waals surface area (Å²) in [4.78, 5) is 0. The van der Waals surface area contributed by atoms with Gasteiger partial charge in [0.25, 0.3) is 0 Å². The van der Waals surface area contributed by atoms with E-state index in [-0.39, 0.29) is 0 Å². The second-order valence-electron chi connectivity index (χ2n) is 6.01. The molecule has 1 aliphatic heterocycles. The molecule has 0 amide bonds. The van der Waals surface area contributed by atoms with Crippen LogP contribution in [0.15, 0.2) is 34.8 Å². The van der Waals surface area contributed by atoms with E-state index in [1.54, 1.807) is 0 Å². The molecule has 0 bridgehead atoms. The van der Waals surface area contributed by atoms with E-state index < -0.39 is 6.10 Å². The predicted molar refractivity (Wildman–Crippen MR) is 90.8 cm³/mol. The van der Waals surface area contributed by atoms with Crippen LogP contribution in [0.4, 0.5) is 0 Å². The van der Waals surface area contributed by atoms with Crippen LogP contribution < -0.4 is 4.74 Å². The summed E-state index contributed by atoms with van der Waals surface area (Å²) in [6.07, 6.45) is 2.67. The van der Waals surface area contributed by atoms with Crippen LogP contribution in [0.25, 0.3) is 0 Å². The van der Waals surface area contributed by atoms with Crippen LogP contribution in [0.2, 0.25) is 5.02 Å². The molecular weight excluding hydrogens is 364 g/mol. The minimum Gasteiger partial charge on any atom is -0.491 e. The van der Waals surface area contributed by atoms with Gasteiger partial charge in [-0.3, -0.25) is 0 Å². The number of hydrogen-bond donors (Lipinski definition) is 1. The summed E-state index contributed by atoms with van der Waals surface area (Å²) in [7, 11) is 0. The van der Waals surface area contributed by atoms with Crippen molar-refractivity contribution in [3.63, 3.8) is 0 Å². The van der Waals surface area contributed by atoms with Crippen molar-refractivity contribution < 1.29 is 9.84 Å². The molecule has 1 atom stereocenters. The quantitative estimate of drug-likeness (QED) is 0.813. The summed E-state index contributed by atoms with van der Waals surface area (Å²) in [5, 5.41) is 11.2. The number of aliphatic hydroxyl groups is 1. The SMILES string of the molecule is OC(c1ccc(C2CC2)cc1)c1cc(Br)c2c(c1Cl)OCC2. The van der Waals surface area contributed by atoms with Crippen LogP contribution >= 0.6 is 27.5 Å². The van der Waals surface area contributed by atoms with Crippen molar-refractivity contribution in [2.75, 3.05) is 6.61 Å². The van der Waals surface area contributed by atoms with Gasteiger partial charge in [0, 0.05) is 22.0 Å². The average molecular weight is 380 g/mol. The Hall–Kier alpha value is -1.03. The minimum atomic E-state index is -0.744. The van der Waals surface area contributed by atoms with E-state index >= 15 is 0 Å². The largest absolute Gasteiger partial charge is 0.491 e. The van der Waals surface area contributed by atoms with Gasteiger partial charge in [-0.05, 0) is 36.0 Å². The van der Waals surface area contributed by atoms with Crippen molar-refractivity contribution in [2.45, 2.75) is 31.3 Å². The number of hydrogen-bond acceptors (Lipinski definition) is 2. The zero-order chi connectivity index (χ0) is 15.3. The normalized spacial score (nSPS) is 18.0. The highest BCUT2D eigenvalue weighted by Gasteiger charge is 2.26. The summed E-state index contributed by atoms with van der Waals surface area (Å²) in [5.41, 5.74) is 4.00. The van der Waals surface area contributed by atoms with E-state index in [9.17, 15) is 5.11 Å². The molecule has 2 aromatic carbocycles. The topological polar surface area (TPSA) is 29.5 Å². The molecule has 0 aromatic heterocycles. The smallest absolute Gasteiger partial charge is 0.142 e. The molecule has 4 heteroatoms. The summed E-state index contributed by atoms with van der Waals surface area (Å²) in [5.74, 6) is 1.43. The molecule has 2 nitrogen and oxygen atoms in total. The number of rotatable bonds is 3. The Morgan fingerprint density at radius 3 is 2.64 bits per heavy atom. The van der Waals surface area contributed by atoms with Crippen molar-refractivity contribution >= 4 is 27.5 Å². The first-order valence-corrected chi connectivity index (χ1v) is 8.73. The lowest BCUT2D eigenvalue weighted by molar-refractivity contribution is 0.219. The van der Waals surface area contributed by atoms with Gasteiger partial charge < -0.3 is 9.84 Å². The van der Waals surface area contributed by atoms with E-state index in [0.29, 0.717) is 22.9 Å². The van der Waals surface area contributed by atoms with Crippen LogP contribution in [0, 0.1) is 0 Å². The second kappa shape index (κ2) is 5.55. The molecule has 1 saturated carbocycles. The van der Waals surface area contributed by atoms with Crippen molar-refractivity contribution in [2.24, 2.45) is 0 Å². The maximum atomic E-state index is 10.7. The Kier molecular flexibility index (Phi) is 3.67. The van der Waals surface area contributed by atoms with Crippen molar-refractivity contribution in [3.8, 4) is 5.75 Å². The Morgan fingerprint density at radius 2 is 1.95 bits per heavy atom. The lowest BCUT2D eigenvalue weighted by Gasteiger charge is -2.16. The van der Waals surface area contributed by atoms with Gasteiger partial charge in [-0.2, -0.15) is 0 Å². The van der Waals surface area contributed by atoms with Crippen molar-refractivity contribution in [1.82, 2.24) is 0 Å². The molecule has 1 heterocycles. The Bertz CT molecular complexity index is 723. The van der Waals surface area contributed by atoms with Crippen LogP contribution in [0.5, 0.6) is 5.75 Å². The third-order valence-corrected chi connectivity index (χ3v) is 5.59. The lowest BCUT2D eigenvalue weighted by atomic mass is 9.98. The molecule has 1 unspecified atom stereocenters. The third kappa shape index (κ3) is 2.45. The van der Waals surface area contributed by atoms with Gasteiger partial charge in [-0.25, -0.2) is 0 Å². The van der Waals surface area contributed by atoms with Gasteiger partial charge in [-0.15, -0.1) is 0 Å². The van der Waals surface area contributed by atoms with Crippen LogP contribution in [-0.4, -0.2) is 11.7 Å². The zero-order valence-corrected chi connectivity index (χ0v) is 14.3. The monoisotopic (exact) mass is 378 g/mol. The maximum Gasteiger partial charge on any atom is 0.142 e. The van der Waals surface area contributed by atoms with E-state index in [1.165, 1.54) is 18.4 Å². The van der Waals surface area contributed by atoms with Gasteiger partial charge in [-0.1, -0.05) is 51.8 Å². The average Bonchev–Trinajstić information content (AvgIpc) is 3.26. The van der Waals surface area contributed by atoms with Crippen LogP contribution in [0.1, 0.15) is 47.1 Å². The van der Waals surface area contributed by atoms with E-state index in [2.05, 4.69) is 28.1 Å². The number of ether oxygens (including phenoxy) is 1. The lowest BCUT2D eigenvalue weighted by Crippen LogP contribution is -2.02. The standard InChI is InChI=1S/C18H16BrClO2/c19-15-9-14(16(20)18-13(15)7-8-22-18)17(21)12-5-3-11(4-6-12)10-1-2-10/h3-6,9-10,17,21H,1-2,7-8H2. The number of fused-ring (bicyclic) bond motifs is 1. The molecule has 0 spiro atoms. The summed E-state index contributed by atoms with van der Waals surface area (Å²) in [6, 6.07) is 10.1. The number of halogens is 2. The van der Waals surface area contributed by atoms with E-state index in [0.717, 1.165) is 27.9 Å². The highest BCUT2D eigenvalue weighted by atomic mass is 79.9. The second-order valence-corrected chi connectivity index (χ2v) is 7.24. The first-order valence-electron chi connectivity index (χ1n) is 7.56. The summed E-state index contributed by atoms with van der Waals surface area (Å²) in [6.45, 7) is 0.642. The molecule has 22 heavy (non-hydrogen) atoms. The fourth-order valence-corrected chi connectivity index (χ4v) is 3.99. The minimum absolute atomic E-state index is 0.523. The van der Waals surface area contributed by atoms with Crippen molar-refractivity contribution in [1.29, 1.82) is 0 Å². The molecule has 2 aliphatic rings. The first kappa shape index (κ1) is 14.6. The Labute approximate surface area is 143 Å². The molecule has 1 aliphatic carbocycles. The molecular formula is C18H16BrClO2. The van der Waals surface area contributed by atoms with Gasteiger partial charge in [0.1, 0.15) is 11.9 Å². The summed E-state index contributed by atoms with van der Waals surface area (Å²) >= 11 is 10.0. The van der Waals surface area contributed by atoms with Crippen LogP contribution in [-0.2, 0) is 6.42 Å². The number of benzene rings is 2. The molecule has 114 valence electrons. The Balaban J connectivity index is 1.70.